The monoisotopic (exact) mass is 348 g/mol. The van der Waals surface area contributed by atoms with Crippen molar-refractivity contribution < 1.29 is 22.7 Å². The van der Waals surface area contributed by atoms with Crippen LogP contribution in [-0.4, -0.2) is 26.4 Å². The second-order valence-electron chi connectivity index (χ2n) is 5.01. The number of rotatable bonds is 6. The lowest BCUT2D eigenvalue weighted by atomic mass is 10.2. The molecule has 0 aromatic heterocycles. The zero-order valence-corrected chi connectivity index (χ0v) is 13.9. The van der Waals surface area contributed by atoms with Gasteiger partial charge in [-0.05, 0) is 30.3 Å². The van der Waals surface area contributed by atoms with Crippen molar-refractivity contribution in [2.45, 2.75) is 6.92 Å². The van der Waals surface area contributed by atoms with Crippen LogP contribution < -0.4 is 14.8 Å². The lowest BCUT2D eigenvalue weighted by Crippen LogP contribution is -2.20. The van der Waals surface area contributed by atoms with Crippen LogP contribution in [0, 0.1) is 0 Å². The van der Waals surface area contributed by atoms with Crippen LogP contribution in [0.1, 0.15) is 6.92 Å². The van der Waals surface area contributed by atoms with Crippen LogP contribution in [0.2, 0.25) is 0 Å². The first-order chi connectivity index (χ1) is 11.2. The molecule has 0 spiro atoms. The average Bonchev–Trinajstić information content (AvgIpc) is 2.49. The van der Waals surface area contributed by atoms with E-state index in [1.807, 2.05) is 6.07 Å². The molecule has 2 N–H and O–H groups in total. The lowest BCUT2D eigenvalue weighted by molar-refractivity contribution is -0.133. The molecule has 0 heterocycles. The molecule has 8 heteroatoms. The third-order valence-electron chi connectivity index (χ3n) is 2.82. The van der Waals surface area contributed by atoms with Crippen molar-refractivity contribution in [3.63, 3.8) is 0 Å². The zero-order valence-electron chi connectivity index (χ0n) is 13.1. The van der Waals surface area contributed by atoms with Crippen molar-refractivity contribution in [2.24, 2.45) is 0 Å². The van der Waals surface area contributed by atoms with Gasteiger partial charge >= 0.3 is 0 Å². The molecule has 0 aliphatic rings. The molecular formula is C16H16N2O5S. The van der Waals surface area contributed by atoms with Crippen molar-refractivity contribution in [3.8, 4) is 11.5 Å². The minimum atomic E-state index is -3.56. The van der Waals surface area contributed by atoms with E-state index >= 15 is 0 Å². The SMILES string of the molecule is CC(=O)C(=O)Nc1ccc(Oc2ccccc2)c(NS(C)(=O)=O)c1. The van der Waals surface area contributed by atoms with Gasteiger partial charge in [-0.3, -0.25) is 14.3 Å². The fraction of sp³-hybridized carbons (Fsp3) is 0.125. The number of carbonyl (C=O) groups is 2. The van der Waals surface area contributed by atoms with Crippen molar-refractivity contribution in [1.29, 1.82) is 0 Å². The van der Waals surface area contributed by atoms with Crippen LogP contribution in [0.5, 0.6) is 11.5 Å². The Labute approximate surface area is 139 Å². The Hall–Kier alpha value is -2.87. The Kier molecular flexibility index (Phi) is 5.20. The van der Waals surface area contributed by atoms with Gasteiger partial charge in [0.15, 0.2) is 5.75 Å². The van der Waals surface area contributed by atoms with E-state index in [4.69, 9.17) is 4.74 Å². The van der Waals surface area contributed by atoms with Gasteiger partial charge in [-0.1, -0.05) is 18.2 Å². The van der Waals surface area contributed by atoms with Crippen molar-refractivity contribution in [1.82, 2.24) is 0 Å². The van der Waals surface area contributed by atoms with Gasteiger partial charge in [-0.25, -0.2) is 8.42 Å². The summed E-state index contributed by atoms with van der Waals surface area (Å²) in [7, 11) is -3.56. The molecule has 0 fully saturated rings. The highest BCUT2D eigenvalue weighted by Crippen LogP contribution is 2.32. The minimum absolute atomic E-state index is 0.141. The first kappa shape index (κ1) is 17.5. The van der Waals surface area contributed by atoms with E-state index in [1.54, 1.807) is 24.3 Å². The first-order valence-electron chi connectivity index (χ1n) is 6.91. The number of ether oxygens (including phenoxy) is 1. The highest BCUT2D eigenvalue weighted by Gasteiger charge is 2.13. The summed E-state index contributed by atoms with van der Waals surface area (Å²) in [6.45, 7) is 1.14. The predicted octanol–water partition coefficient (Wildman–Crippen LogP) is 2.38. The summed E-state index contributed by atoms with van der Waals surface area (Å²) in [6.07, 6.45) is 1.00. The number of amides is 1. The Morgan fingerprint density at radius 2 is 1.71 bits per heavy atom. The van der Waals surface area contributed by atoms with E-state index < -0.39 is 21.7 Å². The molecule has 0 aliphatic carbocycles. The molecule has 0 saturated heterocycles. The molecule has 24 heavy (non-hydrogen) atoms. The lowest BCUT2D eigenvalue weighted by Gasteiger charge is -2.14. The minimum Gasteiger partial charge on any atom is -0.455 e. The number of Topliss-reactive ketones (excluding diaryl/α,β-unsaturated/α-hetero) is 1. The first-order valence-corrected chi connectivity index (χ1v) is 8.80. The molecule has 0 saturated carbocycles. The second-order valence-corrected chi connectivity index (χ2v) is 6.76. The van der Waals surface area contributed by atoms with E-state index in [2.05, 4.69) is 10.0 Å². The number of sulfonamides is 1. The number of para-hydroxylation sites is 1. The summed E-state index contributed by atoms with van der Waals surface area (Å²) < 4.78 is 31.1. The summed E-state index contributed by atoms with van der Waals surface area (Å²) in [4.78, 5) is 22.5. The number of ketones is 1. The van der Waals surface area contributed by atoms with Crippen LogP contribution in [0.3, 0.4) is 0 Å². The third kappa shape index (κ3) is 5.10. The fourth-order valence-corrected chi connectivity index (χ4v) is 2.37. The maximum absolute atomic E-state index is 11.5. The largest absolute Gasteiger partial charge is 0.455 e. The molecule has 7 nitrogen and oxygen atoms in total. The van der Waals surface area contributed by atoms with E-state index in [9.17, 15) is 18.0 Å². The number of hydrogen-bond donors (Lipinski definition) is 2. The van der Waals surface area contributed by atoms with Gasteiger partial charge in [0.1, 0.15) is 5.75 Å². The van der Waals surface area contributed by atoms with Crippen molar-refractivity contribution in [2.75, 3.05) is 16.3 Å². The molecule has 0 bridgehead atoms. The zero-order chi connectivity index (χ0) is 17.7. The summed E-state index contributed by atoms with van der Waals surface area (Å²) in [5.41, 5.74) is 0.407. The molecule has 0 unspecified atom stereocenters. The van der Waals surface area contributed by atoms with Crippen LogP contribution in [-0.2, 0) is 19.6 Å². The standard InChI is InChI=1S/C16H16N2O5S/c1-11(19)16(20)17-12-8-9-15(14(10-12)18-24(2,21)22)23-13-6-4-3-5-7-13/h3-10,18H,1-2H3,(H,17,20). The van der Waals surface area contributed by atoms with E-state index in [0.29, 0.717) is 5.75 Å². The maximum Gasteiger partial charge on any atom is 0.291 e. The number of benzene rings is 2. The highest BCUT2D eigenvalue weighted by molar-refractivity contribution is 7.92. The number of nitrogens with one attached hydrogen (secondary N) is 2. The number of anilines is 2. The Morgan fingerprint density at radius 3 is 2.29 bits per heavy atom. The molecule has 1 amide bonds. The van der Waals surface area contributed by atoms with Gasteiger partial charge in [-0.2, -0.15) is 0 Å². The molecule has 2 aromatic carbocycles. The molecular weight excluding hydrogens is 332 g/mol. The van der Waals surface area contributed by atoms with E-state index in [0.717, 1.165) is 13.2 Å². The van der Waals surface area contributed by atoms with E-state index in [1.165, 1.54) is 18.2 Å². The molecule has 2 rings (SSSR count). The van der Waals surface area contributed by atoms with Crippen molar-refractivity contribution >= 4 is 33.1 Å². The van der Waals surface area contributed by atoms with E-state index in [-0.39, 0.29) is 17.1 Å². The highest BCUT2D eigenvalue weighted by atomic mass is 32.2. The van der Waals surface area contributed by atoms with Crippen LogP contribution in [0.15, 0.2) is 48.5 Å². The third-order valence-corrected chi connectivity index (χ3v) is 3.41. The number of hydrogen-bond acceptors (Lipinski definition) is 5. The Morgan fingerprint density at radius 1 is 1.04 bits per heavy atom. The average molecular weight is 348 g/mol. The summed E-state index contributed by atoms with van der Waals surface area (Å²) >= 11 is 0. The van der Waals surface area contributed by atoms with Gasteiger partial charge in [0.25, 0.3) is 5.91 Å². The number of carbonyl (C=O) groups excluding carboxylic acids is 2. The van der Waals surface area contributed by atoms with Gasteiger partial charge in [0.05, 0.1) is 11.9 Å². The second kappa shape index (κ2) is 7.14. The van der Waals surface area contributed by atoms with Crippen LogP contribution >= 0.6 is 0 Å². The van der Waals surface area contributed by atoms with Crippen LogP contribution in [0.25, 0.3) is 0 Å². The van der Waals surface area contributed by atoms with Gasteiger partial charge < -0.3 is 10.1 Å². The maximum atomic E-state index is 11.5. The Bertz CT molecular complexity index is 863. The smallest absolute Gasteiger partial charge is 0.291 e. The van der Waals surface area contributed by atoms with Gasteiger partial charge in [0, 0.05) is 12.6 Å². The summed E-state index contributed by atoms with van der Waals surface area (Å²) in [6, 6.07) is 13.2. The normalized spacial score (nSPS) is 10.8. The topological polar surface area (TPSA) is 102 Å². The molecule has 0 radical (unpaired) electrons. The van der Waals surface area contributed by atoms with Crippen molar-refractivity contribution in [3.05, 3.63) is 48.5 Å². The summed E-state index contributed by atoms with van der Waals surface area (Å²) in [5.74, 6) is -0.670. The van der Waals surface area contributed by atoms with Gasteiger partial charge in [0.2, 0.25) is 15.8 Å². The van der Waals surface area contributed by atoms with Crippen LogP contribution in [0.4, 0.5) is 11.4 Å². The summed E-state index contributed by atoms with van der Waals surface area (Å²) in [5, 5.41) is 2.38. The van der Waals surface area contributed by atoms with Gasteiger partial charge in [-0.15, -0.1) is 0 Å². The molecule has 0 aliphatic heterocycles. The molecule has 126 valence electrons. The molecule has 0 atom stereocenters. The fourth-order valence-electron chi connectivity index (χ4n) is 1.81. The Balaban J connectivity index is 2.35. The quantitative estimate of drug-likeness (QED) is 0.781. The predicted molar refractivity (Wildman–Crippen MR) is 90.7 cm³/mol. The molecule has 2 aromatic rings.